The first-order valence-corrected chi connectivity index (χ1v) is 5.17. The molecule has 1 aromatic rings. The van der Waals surface area contributed by atoms with E-state index in [0.29, 0.717) is 0 Å². The van der Waals surface area contributed by atoms with E-state index in [1.54, 1.807) is 0 Å². The van der Waals surface area contributed by atoms with Crippen LogP contribution in [0.5, 0.6) is 0 Å². The van der Waals surface area contributed by atoms with Gasteiger partial charge in [-0.15, -0.1) is 0 Å². The van der Waals surface area contributed by atoms with E-state index < -0.39 is 47.2 Å². The van der Waals surface area contributed by atoms with Crippen LogP contribution in [0.2, 0.25) is 0 Å². The monoisotopic (exact) mass is 310 g/mol. The minimum Gasteiger partial charge on any atom is -0.166 e. The van der Waals surface area contributed by atoms with Crippen molar-refractivity contribution in [3.8, 4) is 0 Å². The smallest absolute Gasteiger partial charge is 0.166 e. The molecule has 0 amide bonds. The van der Waals surface area contributed by atoms with Crippen LogP contribution in [-0.4, -0.2) is 0 Å². The van der Waals surface area contributed by atoms with E-state index >= 15 is 0 Å². The lowest BCUT2D eigenvalue weighted by Crippen LogP contribution is -2.22. The Morgan fingerprint density at radius 1 is 0.700 bits per heavy atom. The Morgan fingerprint density at radius 3 is 1.40 bits per heavy atom. The van der Waals surface area contributed by atoms with Gasteiger partial charge in [-0.25, -0.2) is 0 Å². The highest BCUT2D eigenvalue weighted by molar-refractivity contribution is 5.45. The molecule has 0 saturated carbocycles. The molecule has 0 fully saturated rings. The fourth-order valence-electron chi connectivity index (χ4n) is 1.84. The van der Waals surface area contributed by atoms with Crippen LogP contribution in [0.4, 0.5) is 39.5 Å². The van der Waals surface area contributed by atoms with E-state index in [2.05, 4.69) is 0 Å². The number of hydrogen-bond acceptors (Lipinski definition) is 0. The lowest BCUT2D eigenvalue weighted by atomic mass is 9.93. The Bertz CT molecular complexity index is 490. The van der Waals surface area contributed by atoms with E-state index in [1.165, 1.54) is 0 Å². The van der Waals surface area contributed by atoms with Gasteiger partial charge in [-0.05, 0) is 24.1 Å². The van der Waals surface area contributed by atoms with Crippen molar-refractivity contribution in [3.63, 3.8) is 0 Å². The molecule has 0 unspecified atom stereocenters. The maximum Gasteiger partial charge on any atom is 0.417 e. The average Bonchev–Trinajstić information content (AvgIpc) is 2.23. The second-order valence-electron chi connectivity index (χ2n) is 3.86. The maximum atomic E-state index is 12.7. The zero-order valence-electron chi connectivity index (χ0n) is 9.76. The molecule has 0 N–H and O–H groups in total. The van der Waals surface area contributed by atoms with Gasteiger partial charge in [0.1, 0.15) is 0 Å². The van der Waals surface area contributed by atoms with Crippen molar-refractivity contribution < 1.29 is 39.5 Å². The van der Waals surface area contributed by atoms with Crippen molar-refractivity contribution in [2.75, 3.05) is 0 Å². The minimum atomic E-state index is -5.53. The molecular weight excluding hydrogens is 303 g/mol. The second-order valence-corrected chi connectivity index (χ2v) is 3.86. The molecule has 0 aliphatic heterocycles. The molecule has 0 spiro atoms. The quantitative estimate of drug-likeness (QED) is 0.617. The summed E-state index contributed by atoms with van der Waals surface area (Å²) >= 11 is 0. The highest BCUT2D eigenvalue weighted by Gasteiger charge is 2.47. The predicted octanol–water partition coefficient (Wildman–Crippen LogP) is 5.31. The summed E-state index contributed by atoms with van der Waals surface area (Å²) in [6.45, 7) is 0.931. The lowest BCUT2D eigenvalue weighted by molar-refractivity contribution is -0.164. The van der Waals surface area contributed by atoms with Crippen LogP contribution in [0.15, 0.2) is 12.1 Å². The molecule has 0 radical (unpaired) electrons. The molecule has 1 rings (SSSR count). The number of benzene rings is 1. The van der Waals surface area contributed by atoms with Gasteiger partial charge in [0.05, 0.1) is 16.7 Å². The molecule has 0 aliphatic rings. The summed E-state index contributed by atoms with van der Waals surface area (Å²) in [5, 5.41) is 0. The predicted molar refractivity (Wildman–Crippen MR) is 50.8 cm³/mol. The van der Waals surface area contributed by atoms with Crippen LogP contribution in [0.25, 0.3) is 0 Å². The van der Waals surface area contributed by atoms with E-state index in [-0.39, 0.29) is 12.1 Å². The maximum absolute atomic E-state index is 12.7. The molecule has 1 aromatic carbocycles. The normalized spacial score (nSPS) is 13.7. The van der Waals surface area contributed by atoms with Crippen LogP contribution >= 0.6 is 0 Å². The first-order valence-electron chi connectivity index (χ1n) is 5.17. The van der Waals surface area contributed by atoms with Gasteiger partial charge >= 0.3 is 18.5 Å². The van der Waals surface area contributed by atoms with Crippen molar-refractivity contribution in [2.45, 2.75) is 31.9 Å². The fraction of sp³-hybridized carbons (Fsp3) is 0.455. The SMILES string of the molecule is CCc1c(C(F)(F)F)ccc(C(F)(F)F)c1C(F)(F)F. The average molecular weight is 310 g/mol. The highest BCUT2D eigenvalue weighted by atomic mass is 19.4. The first kappa shape index (κ1) is 16.6. The molecule has 0 heterocycles. The third-order valence-electron chi connectivity index (χ3n) is 2.56. The lowest BCUT2D eigenvalue weighted by Gasteiger charge is -2.22. The molecule has 114 valence electrons. The molecule has 9 heteroatoms. The van der Waals surface area contributed by atoms with Gasteiger partial charge in [0.15, 0.2) is 0 Å². The van der Waals surface area contributed by atoms with Crippen LogP contribution in [0, 0.1) is 0 Å². The van der Waals surface area contributed by atoms with E-state index in [4.69, 9.17) is 0 Å². The van der Waals surface area contributed by atoms with E-state index in [1.807, 2.05) is 0 Å². The summed E-state index contributed by atoms with van der Waals surface area (Å²) < 4.78 is 114. The minimum absolute atomic E-state index is 0.0247. The van der Waals surface area contributed by atoms with Gasteiger partial charge < -0.3 is 0 Å². The summed E-state index contributed by atoms with van der Waals surface area (Å²) in [6.07, 6.45) is -16.9. The third-order valence-corrected chi connectivity index (χ3v) is 2.56. The molecule has 0 atom stereocenters. The van der Waals surface area contributed by atoms with Crippen LogP contribution in [-0.2, 0) is 24.9 Å². The van der Waals surface area contributed by atoms with Gasteiger partial charge in [0.2, 0.25) is 0 Å². The molecular formula is C11H7F9. The Morgan fingerprint density at radius 2 is 1.10 bits per heavy atom. The standard InChI is InChI=1S/C11H7F9/c1-2-5-6(9(12,13)14)3-4-7(10(15,16)17)8(5)11(18,19)20/h3-4H,2H2,1H3. The van der Waals surface area contributed by atoms with Crippen molar-refractivity contribution >= 4 is 0 Å². The Balaban J connectivity index is 3.79. The zero-order chi connectivity index (χ0) is 15.9. The van der Waals surface area contributed by atoms with E-state index in [0.717, 1.165) is 6.92 Å². The van der Waals surface area contributed by atoms with Crippen LogP contribution < -0.4 is 0 Å². The summed E-state index contributed by atoms with van der Waals surface area (Å²) in [4.78, 5) is 0. The zero-order valence-corrected chi connectivity index (χ0v) is 9.76. The third kappa shape index (κ3) is 3.18. The van der Waals surface area contributed by atoms with Crippen LogP contribution in [0.1, 0.15) is 29.2 Å². The molecule has 0 aliphatic carbocycles. The van der Waals surface area contributed by atoms with Crippen molar-refractivity contribution in [3.05, 3.63) is 34.4 Å². The number of halogens is 9. The topological polar surface area (TPSA) is 0 Å². The fourth-order valence-corrected chi connectivity index (χ4v) is 1.84. The van der Waals surface area contributed by atoms with Gasteiger partial charge in [0.25, 0.3) is 0 Å². The molecule has 20 heavy (non-hydrogen) atoms. The first-order chi connectivity index (χ1) is 8.80. The highest BCUT2D eigenvalue weighted by Crippen LogP contribution is 2.45. The molecule has 0 bridgehead atoms. The van der Waals surface area contributed by atoms with Crippen molar-refractivity contribution in [2.24, 2.45) is 0 Å². The Labute approximate surface area is 107 Å². The van der Waals surface area contributed by atoms with Gasteiger partial charge in [0, 0.05) is 0 Å². The molecule has 0 nitrogen and oxygen atoms in total. The largest absolute Gasteiger partial charge is 0.417 e. The number of hydrogen-bond donors (Lipinski definition) is 0. The van der Waals surface area contributed by atoms with Gasteiger partial charge in [-0.1, -0.05) is 6.92 Å². The van der Waals surface area contributed by atoms with Gasteiger partial charge in [-0.2, -0.15) is 39.5 Å². The van der Waals surface area contributed by atoms with E-state index in [9.17, 15) is 39.5 Å². The summed E-state index contributed by atoms with van der Waals surface area (Å²) in [6, 6.07) is -0.165. The summed E-state index contributed by atoms with van der Waals surface area (Å²) in [5.41, 5.74) is -7.50. The number of alkyl halides is 9. The molecule has 0 saturated heterocycles. The van der Waals surface area contributed by atoms with Crippen molar-refractivity contribution in [1.82, 2.24) is 0 Å². The number of rotatable bonds is 1. The van der Waals surface area contributed by atoms with Crippen LogP contribution in [0.3, 0.4) is 0 Å². The molecule has 0 aromatic heterocycles. The summed E-state index contributed by atoms with van der Waals surface area (Å²) in [5.74, 6) is 0. The Kier molecular flexibility index (Phi) is 4.04. The Hall–Kier alpha value is -1.41. The second kappa shape index (κ2) is 4.85. The summed E-state index contributed by atoms with van der Waals surface area (Å²) in [7, 11) is 0. The van der Waals surface area contributed by atoms with Crippen molar-refractivity contribution in [1.29, 1.82) is 0 Å². The van der Waals surface area contributed by atoms with Gasteiger partial charge in [-0.3, -0.25) is 0 Å².